The number of nitrogens with zero attached hydrogens (tertiary/aromatic N) is 2. The summed E-state index contributed by atoms with van der Waals surface area (Å²) in [5.41, 5.74) is 0.0238. The van der Waals surface area contributed by atoms with Crippen LogP contribution in [0.15, 0.2) is 41.7 Å². The zero-order valence-corrected chi connectivity index (χ0v) is 6.97. The summed E-state index contributed by atoms with van der Waals surface area (Å²) in [6.07, 6.45) is 6.96. The van der Waals surface area contributed by atoms with Crippen molar-refractivity contribution < 1.29 is 0 Å². The monoisotopic (exact) mass is 175 g/mol. The van der Waals surface area contributed by atoms with Gasteiger partial charge in [0.15, 0.2) is 5.43 Å². The van der Waals surface area contributed by atoms with Crippen LogP contribution in [0.3, 0.4) is 0 Å². The Labute approximate surface area is 74.9 Å². The van der Waals surface area contributed by atoms with Gasteiger partial charge in [0.25, 0.3) is 0 Å². The van der Waals surface area contributed by atoms with E-state index in [4.69, 9.17) is 0 Å². The van der Waals surface area contributed by atoms with Crippen LogP contribution in [-0.4, -0.2) is 14.5 Å². The average Bonchev–Trinajstić information content (AvgIpc) is 2.62. The van der Waals surface area contributed by atoms with E-state index in [0.717, 1.165) is 5.82 Å². The van der Waals surface area contributed by atoms with E-state index in [9.17, 15) is 4.79 Å². The predicted molar refractivity (Wildman–Crippen MR) is 48.4 cm³/mol. The quantitative estimate of drug-likeness (QED) is 0.727. The highest BCUT2D eigenvalue weighted by atomic mass is 16.1. The average molecular weight is 175 g/mol. The van der Waals surface area contributed by atoms with Gasteiger partial charge < -0.3 is 9.55 Å². The van der Waals surface area contributed by atoms with Crippen molar-refractivity contribution in [3.8, 4) is 0 Å². The van der Waals surface area contributed by atoms with Gasteiger partial charge in [-0.2, -0.15) is 0 Å². The Balaban J connectivity index is 2.19. The van der Waals surface area contributed by atoms with Gasteiger partial charge in [0.2, 0.25) is 0 Å². The van der Waals surface area contributed by atoms with Crippen LogP contribution >= 0.6 is 0 Å². The van der Waals surface area contributed by atoms with Gasteiger partial charge in [0.1, 0.15) is 5.82 Å². The molecule has 0 aromatic carbocycles. The number of nitrogens with one attached hydrogen (secondary N) is 1. The molecule has 0 aliphatic heterocycles. The van der Waals surface area contributed by atoms with E-state index in [0.29, 0.717) is 6.54 Å². The lowest BCUT2D eigenvalue weighted by atomic mass is 10.4. The number of hydrogen-bond donors (Lipinski definition) is 1. The van der Waals surface area contributed by atoms with Crippen LogP contribution in [0.4, 0.5) is 0 Å². The molecule has 1 N–H and O–H groups in total. The number of hydrogen-bond acceptors (Lipinski definition) is 2. The van der Waals surface area contributed by atoms with E-state index in [1.807, 2.05) is 4.57 Å². The fraction of sp³-hybridized carbons (Fsp3) is 0.111. The largest absolute Gasteiger partial charge is 0.347 e. The van der Waals surface area contributed by atoms with E-state index >= 15 is 0 Å². The molecule has 2 aromatic heterocycles. The zero-order valence-electron chi connectivity index (χ0n) is 6.97. The molecule has 0 saturated heterocycles. The van der Waals surface area contributed by atoms with Gasteiger partial charge in [-0.3, -0.25) is 4.79 Å². The van der Waals surface area contributed by atoms with Gasteiger partial charge in [0.05, 0.1) is 6.54 Å². The second kappa shape index (κ2) is 3.26. The molecular weight excluding hydrogens is 166 g/mol. The number of rotatable bonds is 2. The van der Waals surface area contributed by atoms with Crippen LogP contribution in [0.5, 0.6) is 0 Å². The molecule has 2 rings (SSSR count). The predicted octanol–water partition coefficient (Wildman–Crippen LogP) is 0.620. The minimum atomic E-state index is 0.0238. The van der Waals surface area contributed by atoms with E-state index in [-0.39, 0.29) is 5.43 Å². The normalized spacial score (nSPS) is 10.2. The third kappa shape index (κ3) is 1.84. The first kappa shape index (κ1) is 7.79. The lowest BCUT2D eigenvalue weighted by molar-refractivity contribution is 0.748. The molecule has 4 nitrogen and oxygen atoms in total. The van der Waals surface area contributed by atoms with Gasteiger partial charge in [0, 0.05) is 36.9 Å². The maximum Gasteiger partial charge on any atom is 0.181 e. The molecular formula is C9H9N3O. The number of aromatic nitrogens is 3. The third-order valence-corrected chi connectivity index (χ3v) is 1.75. The molecule has 0 aliphatic rings. The molecule has 13 heavy (non-hydrogen) atoms. The second-order valence-corrected chi connectivity index (χ2v) is 2.74. The highest BCUT2D eigenvalue weighted by Gasteiger charge is 1.93. The lowest BCUT2D eigenvalue weighted by Crippen LogP contribution is -2.05. The number of H-pyrrole nitrogens is 1. The van der Waals surface area contributed by atoms with Crippen molar-refractivity contribution in [1.82, 2.24) is 14.5 Å². The van der Waals surface area contributed by atoms with Gasteiger partial charge in [-0.15, -0.1) is 0 Å². The maximum atomic E-state index is 10.8. The van der Waals surface area contributed by atoms with Gasteiger partial charge in [-0.05, 0) is 0 Å². The van der Waals surface area contributed by atoms with E-state index in [2.05, 4.69) is 9.97 Å². The van der Waals surface area contributed by atoms with Crippen LogP contribution in [-0.2, 0) is 6.54 Å². The van der Waals surface area contributed by atoms with E-state index in [1.54, 1.807) is 24.8 Å². The molecule has 0 amide bonds. The molecule has 0 bridgehead atoms. The molecule has 2 heterocycles. The first-order valence-corrected chi connectivity index (χ1v) is 3.99. The summed E-state index contributed by atoms with van der Waals surface area (Å²) in [4.78, 5) is 17.9. The molecule has 0 aliphatic carbocycles. The van der Waals surface area contributed by atoms with Crippen LogP contribution in [0, 0.1) is 0 Å². The number of imidazole rings is 1. The van der Waals surface area contributed by atoms with Gasteiger partial charge in [-0.1, -0.05) is 0 Å². The summed E-state index contributed by atoms with van der Waals surface area (Å²) in [5, 5.41) is 0. The first-order valence-electron chi connectivity index (χ1n) is 3.99. The summed E-state index contributed by atoms with van der Waals surface area (Å²) in [6, 6.07) is 3.06. The molecule has 0 spiro atoms. The lowest BCUT2D eigenvalue weighted by Gasteiger charge is -2.01. The highest BCUT2D eigenvalue weighted by Crippen LogP contribution is 1.93. The Bertz CT molecular complexity index is 410. The fourth-order valence-electron chi connectivity index (χ4n) is 1.11. The Morgan fingerprint density at radius 1 is 1.38 bits per heavy atom. The smallest absolute Gasteiger partial charge is 0.181 e. The van der Waals surface area contributed by atoms with Crippen molar-refractivity contribution in [1.29, 1.82) is 0 Å². The molecule has 0 saturated carbocycles. The minimum Gasteiger partial charge on any atom is -0.347 e. The molecule has 4 heteroatoms. The summed E-state index contributed by atoms with van der Waals surface area (Å²) >= 11 is 0. The SMILES string of the molecule is O=c1ccn(Cc2ncc[nH]2)cc1. The van der Waals surface area contributed by atoms with Crippen molar-refractivity contribution in [2.24, 2.45) is 0 Å². The minimum absolute atomic E-state index is 0.0238. The molecule has 0 radical (unpaired) electrons. The van der Waals surface area contributed by atoms with Gasteiger partial charge in [-0.25, -0.2) is 4.98 Å². The molecule has 2 aromatic rings. The van der Waals surface area contributed by atoms with Crippen LogP contribution in [0.1, 0.15) is 5.82 Å². The van der Waals surface area contributed by atoms with Crippen molar-refractivity contribution in [2.75, 3.05) is 0 Å². The Morgan fingerprint density at radius 2 is 2.15 bits per heavy atom. The third-order valence-electron chi connectivity index (χ3n) is 1.75. The first-order chi connectivity index (χ1) is 6.34. The molecule has 66 valence electrons. The zero-order chi connectivity index (χ0) is 9.10. The van der Waals surface area contributed by atoms with E-state index in [1.165, 1.54) is 12.1 Å². The Kier molecular flexibility index (Phi) is 1.96. The van der Waals surface area contributed by atoms with Crippen molar-refractivity contribution >= 4 is 0 Å². The Hall–Kier alpha value is -1.84. The van der Waals surface area contributed by atoms with E-state index < -0.39 is 0 Å². The van der Waals surface area contributed by atoms with Crippen LogP contribution in [0.2, 0.25) is 0 Å². The molecule has 0 atom stereocenters. The van der Waals surface area contributed by atoms with Crippen molar-refractivity contribution in [3.63, 3.8) is 0 Å². The summed E-state index contributed by atoms with van der Waals surface area (Å²) in [6.45, 7) is 0.660. The fourth-order valence-corrected chi connectivity index (χ4v) is 1.11. The summed E-state index contributed by atoms with van der Waals surface area (Å²) in [5.74, 6) is 0.878. The second-order valence-electron chi connectivity index (χ2n) is 2.74. The summed E-state index contributed by atoms with van der Waals surface area (Å²) < 4.78 is 1.89. The molecule has 0 unspecified atom stereocenters. The maximum absolute atomic E-state index is 10.8. The number of pyridine rings is 1. The number of aromatic amines is 1. The molecule has 0 fully saturated rings. The van der Waals surface area contributed by atoms with Crippen LogP contribution < -0.4 is 5.43 Å². The standard InChI is InChI=1S/C9H9N3O/c13-8-1-5-12(6-2-8)7-9-10-3-4-11-9/h1-6H,7H2,(H,10,11). The topological polar surface area (TPSA) is 50.7 Å². The van der Waals surface area contributed by atoms with Crippen molar-refractivity contribution in [2.45, 2.75) is 6.54 Å². The van der Waals surface area contributed by atoms with Crippen molar-refractivity contribution in [3.05, 3.63) is 53.0 Å². The summed E-state index contributed by atoms with van der Waals surface area (Å²) in [7, 11) is 0. The highest BCUT2D eigenvalue weighted by molar-refractivity contribution is 4.96. The van der Waals surface area contributed by atoms with Crippen LogP contribution in [0.25, 0.3) is 0 Å². The Morgan fingerprint density at radius 3 is 2.77 bits per heavy atom. The van der Waals surface area contributed by atoms with Gasteiger partial charge >= 0.3 is 0 Å².